The van der Waals surface area contributed by atoms with E-state index >= 15 is 0 Å². The molecule has 1 aliphatic rings. The molecule has 0 aromatic heterocycles. The molecule has 4 nitrogen and oxygen atoms in total. The minimum absolute atomic E-state index is 0.0957. The van der Waals surface area contributed by atoms with Gasteiger partial charge in [-0.1, -0.05) is 29.8 Å². The molecule has 0 bridgehead atoms. The molecule has 124 valence electrons. The predicted octanol–water partition coefficient (Wildman–Crippen LogP) is 3.49. The summed E-state index contributed by atoms with van der Waals surface area (Å²) in [6.45, 7) is 1.81. The number of halogens is 2. The van der Waals surface area contributed by atoms with Crippen molar-refractivity contribution in [3.63, 3.8) is 0 Å². The molecule has 2 N–H and O–H groups in total. The van der Waals surface area contributed by atoms with Gasteiger partial charge >= 0.3 is 0 Å². The van der Waals surface area contributed by atoms with Crippen molar-refractivity contribution in [2.45, 2.75) is 25.3 Å². The third-order valence-electron chi connectivity index (χ3n) is 4.31. The lowest BCUT2D eigenvalue weighted by atomic mass is 9.85. The predicted molar refractivity (Wildman–Crippen MR) is 90.7 cm³/mol. The van der Waals surface area contributed by atoms with E-state index < -0.39 is 23.5 Å². The van der Waals surface area contributed by atoms with E-state index in [9.17, 15) is 14.0 Å². The van der Waals surface area contributed by atoms with Gasteiger partial charge in [-0.2, -0.15) is 0 Å². The maximum absolute atomic E-state index is 14.1. The number of fused-ring (bicyclic) bond motifs is 1. The highest BCUT2D eigenvalue weighted by molar-refractivity contribution is 6.31. The van der Waals surface area contributed by atoms with Crippen LogP contribution in [0.1, 0.15) is 35.2 Å². The smallest absolute Gasteiger partial charge is 0.261 e. The molecule has 0 saturated heterocycles. The first-order chi connectivity index (χ1) is 11.4. The highest BCUT2D eigenvalue weighted by atomic mass is 35.5. The molecule has 1 aliphatic heterocycles. The third kappa shape index (κ3) is 2.76. The fourth-order valence-electron chi connectivity index (χ4n) is 3.18. The van der Waals surface area contributed by atoms with Crippen LogP contribution in [0.3, 0.4) is 0 Å². The first-order valence-corrected chi connectivity index (χ1v) is 7.94. The van der Waals surface area contributed by atoms with Gasteiger partial charge in [-0.3, -0.25) is 9.59 Å². The van der Waals surface area contributed by atoms with Crippen molar-refractivity contribution in [1.82, 2.24) is 0 Å². The van der Waals surface area contributed by atoms with Crippen molar-refractivity contribution in [3.05, 3.63) is 64.4 Å². The highest BCUT2D eigenvalue weighted by Gasteiger charge is 2.36. The fraction of sp³-hybridized carbons (Fsp3) is 0.222. The number of carbonyl (C=O) groups excluding carboxylic acids is 2. The summed E-state index contributed by atoms with van der Waals surface area (Å²) in [5.41, 5.74) is 6.66. The number of nitrogens with zero attached hydrogens (tertiary/aromatic N) is 1. The summed E-state index contributed by atoms with van der Waals surface area (Å²) in [5, 5.41) is 0.285. The van der Waals surface area contributed by atoms with Crippen molar-refractivity contribution < 1.29 is 14.0 Å². The topological polar surface area (TPSA) is 63.4 Å². The second-order valence-electron chi connectivity index (χ2n) is 5.90. The number of benzene rings is 2. The Balaban J connectivity index is 2.10. The number of hydrogen-bond acceptors (Lipinski definition) is 2. The van der Waals surface area contributed by atoms with Gasteiger partial charge in [-0.25, -0.2) is 4.39 Å². The van der Waals surface area contributed by atoms with Crippen LogP contribution in [0.4, 0.5) is 10.1 Å². The Kier molecular flexibility index (Phi) is 4.28. The highest BCUT2D eigenvalue weighted by Crippen LogP contribution is 2.39. The molecular formula is C18H16ClFN2O2. The van der Waals surface area contributed by atoms with Crippen molar-refractivity contribution in [1.29, 1.82) is 0 Å². The van der Waals surface area contributed by atoms with Gasteiger partial charge in [-0.15, -0.1) is 0 Å². The van der Waals surface area contributed by atoms with Crippen LogP contribution in [-0.2, 0) is 4.79 Å². The molecule has 3 rings (SSSR count). The van der Waals surface area contributed by atoms with Crippen molar-refractivity contribution >= 4 is 29.1 Å². The minimum atomic E-state index is -0.633. The Bertz CT molecular complexity index is 824. The SMILES string of the molecule is C[C@@H]1C[C@H](C(N)=O)c2ccccc2N1C(=O)c1cc(Cl)ccc1F. The Hall–Kier alpha value is -2.40. The van der Waals surface area contributed by atoms with Gasteiger partial charge in [0.05, 0.1) is 11.5 Å². The number of primary amides is 1. The van der Waals surface area contributed by atoms with Crippen LogP contribution in [-0.4, -0.2) is 17.9 Å². The van der Waals surface area contributed by atoms with Crippen molar-refractivity contribution in [2.75, 3.05) is 4.90 Å². The standard InChI is InChI=1S/C18H16ClFN2O2/c1-10-8-13(17(21)23)12-4-2-3-5-16(12)22(10)18(24)14-9-11(19)6-7-15(14)20/h2-7,9-10,13H,8H2,1H3,(H2,21,23)/t10-,13+/m1/s1. The zero-order chi connectivity index (χ0) is 17.4. The zero-order valence-corrected chi connectivity index (χ0v) is 13.8. The number of nitrogens with two attached hydrogens (primary N) is 1. The number of hydrogen-bond donors (Lipinski definition) is 1. The molecule has 0 saturated carbocycles. The first-order valence-electron chi connectivity index (χ1n) is 7.57. The molecule has 2 aromatic carbocycles. The van der Waals surface area contributed by atoms with Crippen LogP contribution in [0, 0.1) is 5.82 Å². The van der Waals surface area contributed by atoms with Crippen LogP contribution in [0.15, 0.2) is 42.5 Å². The Morgan fingerprint density at radius 1 is 1.25 bits per heavy atom. The summed E-state index contributed by atoms with van der Waals surface area (Å²) in [4.78, 5) is 26.2. The van der Waals surface area contributed by atoms with E-state index in [1.54, 1.807) is 24.3 Å². The molecule has 0 radical (unpaired) electrons. The van der Waals surface area contributed by atoms with Gasteiger partial charge in [-0.05, 0) is 43.2 Å². The second kappa shape index (κ2) is 6.24. The van der Waals surface area contributed by atoms with Crippen molar-refractivity contribution in [2.24, 2.45) is 5.73 Å². The van der Waals surface area contributed by atoms with Gasteiger partial charge in [0.15, 0.2) is 0 Å². The molecule has 24 heavy (non-hydrogen) atoms. The number of rotatable bonds is 2. The molecule has 2 amide bonds. The lowest BCUT2D eigenvalue weighted by Gasteiger charge is -2.38. The van der Waals surface area contributed by atoms with E-state index in [2.05, 4.69) is 0 Å². The minimum Gasteiger partial charge on any atom is -0.369 e. The lowest BCUT2D eigenvalue weighted by Crippen LogP contribution is -2.45. The molecule has 0 aliphatic carbocycles. The quantitative estimate of drug-likeness (QED) is 0.904. The summed E-state index contributed by atoms with van der Waals surface area (Å²) in [6, 6.07) is 10.6. The van der Waals surface area contributed by atoms with Crippen molar-refractivity contribution in [3.8, 4) is 0 Å². The van der Waals surface area contributed by atoms with Crippen LogP contribution in [0.5, 0.6) is 0 Å². The van der Waals surface area contributed by atoms with E-state index in [-0.39, 0.29) is 16.6 Å². The largest absolute Gasteiger partial charge is 0.369 e. The summed E-state index contributed by atoms with van der Waals surface area (Å²) in [6.07, 6.45) is 0.389. The molecule has 0 unspecified atom stereocenters. The van der Waals surface area contributed by atoms with Gasteiger partial charge in [0.25, 0.3) is 5.91 Å². The van der Waals surface area contributed by atoms with E-state index in [1.165, 1.54) is 23.1 Å². The zero-order valence-electron chi connectivity index (χ0n) is 13.0. The summed E-state index contributed by atoms with van der Waals surface area (Å²) in [5.74, 6) is -2.02. The molecule has 2 atom stereocenters. The molecule has 6 heteroatoms. The average molecular weight is 347 g/mol. The Labute approximate surface area is 144 Å². The fourth-order valence-corrected chi connectivity index (χ4v) is 3.35. The Morgan fingerprint density at radius 3 is 2.67 bits per heavy atom. The third-order valence-corrected chi connectivity index (χ3v) is 4.55. The first kappa shape index (κ1) is 16.5. The number of carbonyl (C=O) groups is 2. The monoisotopic (exact) mass is 346 g/mol. The van der Waals surface area contributed by atoms with Gasteiger partial charge in [0.2, 0.25) is 5.91 Å². The lowest BCUT2D eigenvalue weighted by molar-refractivity contribution is -0.119. The maximum Gasteiger partial charge on any atom is 0.261 e. The normalized spacial score (nSPS) is 19.7. The summed E-state index contributed by atoms with van der Waals surface area (Å²) >= 11 is 5.90. The second-order valence-corrected chi connectivity index (χ2v) is 6.33. The average Bonchev–Trinajstić information content (AvgIpc) is 2.55. The van der Waals surface area contributed by atoms with Gasteiger partial charge < -0.3 is 10.6 Å². The van der Waals surface area contributed by atoms with Crippen LogP contribution in [0.25, 0.3) is 0 Å². The van der Waals surface area contributed by atoms with Gasteiger partial charge in [0, 0.05) is 16.8 Å². The number of amides is 2. The van der Waals surface area contributed by atoms with Crippen LogP contribution in [0.2, 0.25) is 5.02 Å². The summed E-state index contributed by atoms with van der Waals surface area (Å²) in [7, 11) is 0. The summed E-state index contributed by atoms with van der Waals surface area (Å²) < 4.78 is 14.1. The van der Waals surface area contributed by atoms with E-state index in [1.807, 2.05) is 6.92 Å². The molecule has 1 heterocycles. The number of anilines is 1. The van der Waals surface area contributed by atoms with E-state index in [4.69, 9.17) is 17.3 Å². The molecule has 0 spiro atoms. The Morgan fingerprint density at radius 2 is 1.96 bits per heavy atom. The van der Waals surface area contributed by atoms with Gasteiger partial charge in [0.1, 0.15) is 5.82 Å². The number of para-hydroxylation sites is 1. The molecule has 2 aromatic rings. The maximum atomic E-state index is 14.1. The van der Waals surface area contributed by atoms with E-state index in [0.717, 1.165) is 0 Å². The molecular weight excluding hydrogens is 331 g/mol. The molecule has 0 fully saturated rings. The van der Waals surface area contributed by atoms with E-state index in [0.29, 0.717) is 17.7 Å². The van der Waals surface area contributed by atoms with Crippen LogP contribution < -0.4 is 10.6 Å². The van der Waals surface area contributed by atoms with Crippen LogP contribution >= 0.6 is 11.6 Å².